The molecule has 2 rings (SSSR count). The van der Waals surface area contributed by atoms with Crippen molar-refractivity contribution >= 4 is 16.6 Å². The van der Waals surface area contributed by atoms with Crippen molar-refractivity contribution < 1.29 is 17.8 Å². The van der Waals surface area contributed by atoms with Crippen LogP contribution in [0.5, 0.6) is 0 Å². The molecule has 0 spiro atoms. The molecule has 1 unspecified atom stereocenters. The standard InChI is InChI=1S/C15H12F2O2S/c16-13-7-6-12(10-14(13)17)20(19)9-8-15(18)11-4-2-1-3-5-11/h1-7,10H,8-9H2. The van der Waals surface area contributed by atoms with Crippen molar-refractivity contribution in [3.8, 4) is 0 Å². The van der Waals surface area contributed by atoms with E-state index in [2.05, 4.69) is 0 Å². The molecule has 0 aliphatic rings. The van der Waals surface area contributed by atoms with E-state index in [0.717, 1.165) is 12.1 Å². The van der Waals surface area contributed by atoms with Crippen LogP contribution in [0.3, 0.4) is 0 Å². The largest absolute Gasteiger partial charge is 0.294 e. The molecule has 0 saturated heterocycles. The van der Waals surface area contributed by atoms with E-state index < -0.39 is 22.4 Å². The second-order valence-electron chi connectivity index (χ2n) is 4.16. The second kappa shape index (κ2) is 6.52. The smallest absolute Gasteiger partial charge is 0.163 e. The van der Waals surface area contributed by atoms with E-state index in [1.807, 2.05) is 0 Å². The Hall–Kier alpha value is -1.88. The van der Waals surface area contributed by atoms with Crippen molar-refractivity contribution in [3.63, 3.8) is 0 Å². The lowest BCUT2D eigenvalue weighted by Gasteiger charge is -2.03. The van der Waals surface area contributed by atoms with Gasteiger partial charge in [-0.2, -0.15) is 0 Å². The first-order chi connectivity index (χ1) is 9.58. The van der Waals surface area contributed by atoms with Gasteiger partial charge in [-0.05, 0) is 18.2 Å². The summed E-state index contributed by atoms with van der Waals surface area (Å²) in [6, 6.07) is 11.8. The zero-order valence-corrected chi connectivity index (χ0v) is 11.3. The summed E-state index contributed by atoms with van der Waals surface area (Å²) >= 11 is 0. The zero-order valence-electron chi connectivity index (χ0n) is 10.5. The van der Waals surface area contributed by atoms with Gasteiger partial charge in [0.1, 0.15) is 0 Å². The average Bonchev–Trinajstić information content (AvgIpc) is 2.48. The van der Waals surface area contributed by atoms with Crippen molar-refractivity contribution in [2.24, 2.45) is 0 Å². The van der Waals surface area contributed by atoms with E-state index in [4.69, 9.17) is 0 Å². The van der Waals surface area contributed by atoms with Crippen LogP contribution in [0.1, 0.15) is 16.8 Å². The van der Waals surface area contributed by atoms with Gasteiger partial charge in [0.15, 0.2) is 17.4 Å². The number of hydrogen-bond acceptors (Lipinski definition) is 2. The molecular weight excluding hydrogens is 282 g/mol. The number of halogens is 2. The number of benzene rings is 2. The molecule has 0 aromatic heterocycles. The van der Waals surface area contributed by atoms with Crippen LogP contribution < -0.4 is 0 Å². The highest BCUT2D eigenvalue weighted by Gasteiger charge is 2.11. The van der Waals surface area contributed by atoms with Gasteiger partial charge in [0, 0.05) is 22.6 Å². The SMILES string of the molecule is O=C(CCS(=O)c1ccc(F)c(F)c1)c1ccccc1. The predicted octanol–water partition coefficient (Wildman–Crippen LogP) is 3.35. The summed E-state index contributed by atoms with van der Waals surface area (Å²) in [5, 5.41) is 0. The molecule has 0 saturated carbocycles. The van der Waals surface area contributed by atoms with Gasteiger partial charge in [0.2, 0.25) is 0 Å². The van der Waals surface area contributed by atoms with Crippen LogP contribution in [0.25, 0.3) is 0 Å². The number of hydrogen-bond donors (Lipinski definition) is 0. The third kappa shape index (κ3) is 3.57. The Kier molecular flexibility index (Phi) is 4.74. The monoisotopic (exact) mass is 294 g/mol. The van der Waals surface area contributed by atoms with E-state index >= 15 is 0 Å². The fourth-order valence-electron chi connectivity index (χ4n) is 1.69. The molecule has 0 heterocycles. The van der Waals surface area contributed by atoms with Crippen molar-refractivity contribution in [1.82, 2.24) is 0 Å². The predicted molar refractivity (Wildman–Crippen MR) is 73.0 cm³/mol. The fraction of sp³-hybridized carbons (Fsp3) is 0.133. The van der Waals surface area contributed by atoms with Crippen molar-refractivity contribution in [3.05, 3.63) is 65.7 Å². The van der Waals surface area contributed by atoms with Gasteiger partial charge >= 0.3 is 0 Å². The first kappa shape index (κ1) is 14.5. The molecule has 1 atom stereocenters. The molecule has 0 amide bonds. The molecule has 0 bridgehead atoms. The Morgan fingerprint density at radius 2 is 1.70 bits per heavy atom. The molecule has 2 aromatic carbocycles. The summed E-state index contributed by atoms with van der Waals surface area (Å²) in [6.07, 6.45) is 0.0929. The summed E-state index contributed by atoms with van der Waals surface area (Å²) in [4.78, 5) is 12.0. The Balaban J connectivity index is 1.98. The summed E-state index contributed by atoms with van der Waals surface area (Å²) in [7, 11) is -1.52. The summed E-state index contributed by atoms with van der Waals surface area (Å²) < 4.78 is 37.7. The molecule has 5 heteroatoms. The van der Waals surface area contributed by atoms with E-state index in [1.54, 1.807) is 30.3 Å². The quantitative estimate of drug-likeness (QED) is 0.793. The highest BCUT2D eigenvalue weighted by Crippen LogP contribution is 2.14. The third-order valence-electron chi connectivity index (χ3n) is 2.76. The molecule has 2 nitrogen and oxygen atoms in total. The van der Waals surface area contributed by atoms with Crippen molar-refractivity contribution in [1.29, 1.82) is 0 Å². The van der Waals surface area contributed by atoms with Crippen LogP contribution in [0.4, 0.5) is 8.78 Å². The number of carbonyl (C=O) groups is 1. The molecule has 20 heavy (non-hydrogen) atoms. The highest BCUT2D eigenvalue weighted by atomic mass is 32.2. The van der Waals surface area contributed by atoms with E-state index in [-0.39, 0.29) is 22.9 Å². The Labute approximate surface area is 117 Å². The van der Waals surface area contributed by atoms with Crippen LogP contribution >= 0.6 is 0 Å². The lowest BCUT2D eigenvalue weighted by atomic mass is 10.1. The lowest BCUT2D eigenvalue weighted by molar-refractivity contribution is 0.0989. The van der Waals surface area contributed by atoms with Crippen LogP contribution in [-0.2, 0) is 10.8 Å². The van der Waals surface area contributed by atoms with Gasteiger partial charge in [-0.15, -0.1) is 0 Å². The van der Waals surface area contributed by atoms with Crippen LogP contribution in [0, 0.1) is 11.6 Å². The maximum Gasteiger partial charge on any atom is 0.163 e. The van der Waals surface area contributed by atoms with Gasteiger partial charge in [-0.25, -0.2) is 8.78 Å². The van der Waals surface area contributed by atoms with E-state index in [0.29, 0.717) is 5.56 Å². The Bertz CT molecular complexity index is 642. The maximum absolute atomic E-state index is 13.0. The normalized spacial score (nSPS) is 12.1. The van der Waals surface area contributed by atoms with E-state index in [9.17, 15) is 17.8 Å². The highest BCUT2D eigenvalue weighted by molar-refractivity contribution is 7.85. The number of Topliss-reactive ketones (excluding diaryl/α,β-unsaturated/α-hetero) is 1. The fourth-order valence-corrected chi connectivity index (χ4v) is 2.75. The van der Waals surface area contributed by atoms with E-state index in [1.165, 1.54) is 6.07 Å². The first-order valence-corrected chi connectivity index (χ1v) is 7.31. The molecule has 0 radical (unpaired) electrons. The minimum Gasteiger partial charge on any atom is -0.294 e. The number of rotatable bonds is 5. The van der Waals surface area contributed by atoms with Crippen LogP contribution in [0.2, 0.25) is 0 Å². The van der Waals surface area contributed by atoms with Crippen molar-refractivity contribution in [2.45, 2.75) is 11.3 Å². The summed E-state index contributed by atoms with van der Waals surface area (Å²) in [6.45, 7) is 0. The molecule has 0 fully saturated rings. The lowest BCUT2D eigenvalue weighted by Crippen LogP contribution is -2.07. The van der Waals surface area contributed by atoms with Gasteiger partial charge in [-0.3, -0.25) is 9.00 Å². The molecule has 0 aliphatic carbocycles. The number of ketones is 1. The molecule has 0 aliphatic heterocycles. The molecule has 2 aromatic rings. The zero-order chi connectivity index (χ0) is 14.5. The minimum atomic E-state index is -1.52. The Morgan fingerprint density at radius 3 is 2.35 bits per heavy atom. The van der Waals surface area contributed by atoms with Gasteiger partial charge in [0.05, 0.1) is 10.8 Å². The molecule has 104 valence electrons. The van der Waals surface area contributed by atoms with Crippen LogP contribution in [-0.4, -0.2) is 15.7 Å². The van der Waals surface area contributed by atoms with Crippen LogP contribution in [0.15, 0.2) is 53.4 Å². The Morgan fingerprint density at radius 1 is 1.00 bits per heavy atom. The second-order valence-corrected chi connectivity index (χ2v) is 5.74. The van der Waals surface area contributed by atoms with Gasteiger partial charge in [-0.1, -0.05) is 30.3 Å². The molecule has 0 N–H and O–H groups in total. The topological polar surface area (TPSA) is 34.1 Å². The average molecular weight is 294 g/mol. The van der Waals surface area contributed by atoms with Gasteiger partial charge < -0.3 is 0 Å². The summed E-state index contributed by atoms with van der Waals surface area (Å²) in [5.41, 5.74) is 0.551. The minimum absolute atomic E-state index is 0.0821. The molecular formula is C15H12F2O2S. The third-order valence-corrected chi connectivity index (χ3v) is 4.12. The number of carbonyl (C=O) groups excluding carboxylic acids is 1. The maximum atomic E-state index is 13.0. The first-order valence-electron chi connectivity index (χ1n) is 5.99. The van der Waals surface area contributed by atoms with Crippen molar-refractivity contribution in [2.75, 3.05) is 5.75 Å². The van der Waals surface area contributed by atoms with Gasteiger partial charge in [0.25, 0.3) is 0 Å². The summed E-state index contributed by atoms with van der Waals surface area (Å²) in [5.74, 6) is -2.06.